The number of hydrogen-bond acceptors (Lipinski definition) is 4. The maximum atomic E-state index is 13.0. The molecule has 2 rings (SSSR count). The van der Waals surface area contributed by atoms with Crippen molar-refractivity contribution in [2.75, 3.05) is 5.88 Å². The van der Waals surface area contributed by atoms with Crippen LogP contribution in [0.4, 0.5) is 4.39 Å². The van der Waals surface area contributed by atoms with Gasteiger partial charge in [-0.15, -0.1) is 34.7 Å². The number of alkyl halides is 1. The first-order valence-corrected chi connectivity index (χ1v) is 7.51. The van der Waals surface area contributed by atoms with Crippen molar-refractivity contribution in [2.45, 2.75) is 10.6 Å². The van der Waals surface area contributed by atoms with Crippen LogP contribution in [0.1, 0.15) is 15.5 Å². The lowest BCUT2D eigenvalue weighted by atomic mass is 10.3. The molecule has 0 radical (unpaired) electrons. The first-order chi connectivity index (χ1) is 8.69. The molecule has 18 heavy (non-hydrogen) atoms. The van der Waals surface area contributed by atoms with Crippen LogP contribution in [0.2, 0.25) is 0 Å². The summed E-state index contributed by atoms with van der Waals surface area (Å²) < 4.78 is 13.0. The number of aromatic nitrogens is 1. The van der Waals surface area contributed by atoms with Gasteiger partial charge in [-0.25, -0.2) is 9.37 Å². The van der Waals surface area contributed by atoms with Gasteiger partial charge in [-0.05, 0) is 18.2 Å². The summed E-state index contributed by atoms with van der Waals surface area (Å²) in [6.07, 6.45) is 0. The molecule has 0 unspecified atom stereocenters. The highest BCUT2D eigenvalue weighted by molar-refractivity contribution is 7.98. The van der Waals surface area contributed by atoms with Crippen molar-refractivity contribution >= 4 is 40.5 Å². The lowest BCUT2D eigenvalue weighted by molar-refractivity contribution is 0.101. The molecular formula is C12H9ClFNOS2. The maximum absolute atomic E-state index is 13.0. The van der Waals surface area contributed by atoms with Crippen LogP contribution < -0.4 is 0 Å². The van der Waals surface area contributed by atoms with E-state index < -0.39 is 0 Å². The first kappa shape index (κ1) is 13.5. The molecular weight excluding hydrogens is 293 g/mol. The highest BCUT2D eigenvalue weighted by Crippen LogP contribution is 2.25. The van der Waals surface area contributed by atoms with Gasteiger partial charge in [0.1, 0.15) is 16.5 Å². The number of Topliss-reactive ketones (excluding diaryl/α,β-unsaturated/α-hetero) is 1. The zero-order valence-electron chi connectivity index (χ0n) is 9.23. The summed E-state index contributed by atoms with van der Waals surface area (Å²) in [5.74, 6) is 0.135. The Morgan fingerprint density at radius 2 is 2.33 bits per heavy atom. The molecule has 1 aromatic heterocycles. The van der Waals surface area contributed by atoms with Gasteiger partial charge in [0.15, 0.2) is 5.78 Å². The van der Waals surface area contributed by atoms with E-state index in [4.69, 9.17) is 11.6 Å². The van der Waals surface area contributed by atoms with E-state index in [2.05, 4.69) is 4.98 Å². The van der Waals surface area contributed by atoms with Crippen LogP contribution in [-0.2, 0) is 5.75 Å². The monoisotopic (exact) mass is 301 g/mol. The second-order valence-electron chi connectivity index (χ2n) is 3.43. The van der Waals surface area contributed by atoms with Gasteiger partial charge in [0, 0.05) is 10.3 Å². The fourth-order valence-electron chi connectivity index (χ4n) is 1.28. The second-order valence-corrected chi connectivity index (χ2v) is 5.69. The number of carbonyl (C=O) groups is 1. The quantitative estimate of drug-likeness (QED) is 0.475. The van der Waals surface area contributed by atoms with Gasteiger partial charge < -0.3 is 0 Å². The molecule has 94 valence electrons. The molecule has 0 bridgehead atoms. The number of halogens is 2. The lowest BCUT2D eigenvalue weighted by Crippen LogP contribution is -2.00. The molecule has 1 aromatic carbocycles. The molecule has 2 nitrogen and oxygen atoms in total. The fraction of sp³-hybridized carbons (Fsp3) is 0.167. The molecule has 0 fully saturated rings. The van der Waals surface area contributed by atoms with E-state index in [1.165, 1.54) is 35.2 Å². The van der Waals surface area contributed by atoms with E-state index in [1.807, 2.05) is 6.07 Å². The molecule has 0 spiro atoms. The molecule has 0 aliphatic heterocycles. The van der Waals surface area contributed by atoms with Crippen molar-refractivity contribution in [3.05, 3.63) is 46.2 Å². The lowest BCUT2D eigenvalue weighted by Gasteiger charge is -1.98. The number of benzene rings is 1. The van der Waals surface area contributed by atoms with Gasteiger partial charge >= 0.3 is 0 Å². The largest absolute Gasteiger partial charge is 0.291 e. The summed E-state index contributed by atoms with van der Waals surface area (Å²) in [6, 6.07) is 6.39. The molecule has 0 aliphatic rings. The second kappa shape index (κ2) is 6.31. The van der Waals surface area contributed by atoms with Crippen LogP contribution >= 0.6 is 34.7 Å². The van der Waals surface area contributed by atoms with Crippen molar-refractivity contribution in [1.82, 2.24) is 4.98 Å². The summed E-state index contributed by atoms with van der Waals surface area (Å²) >= 11 is 8.35. The van der Waals surface area contributed by atoms with Crippen molar-refractivity contribution < 1.29 is 9.18 Å². The topological polar surface area (TPSA) is 30.0 Å². The minimum absolute atomic E-state index is 0.0553. The minimum Gasteiger partial charge on any atom is -0.291 e. The number of ketones is 1. The van der Waals surface area contributed by atoms with Gasteiger partial charge in [-0.2, -0.15) is 0 Å². The third-order valence-corrected chi connectivity index (χ3v) is 4.40. The van der Waals surface area contributed by atoms with Crippen LogP contribution in [0.3, 0.4) is 0 Å². The molecule has 0 aliphatic carbocycles. The molecule has 0 saturated heterocycles. The predicted molar refractivity (Wildman–Crippen MR) is 73.1 cm³/mol. The van der Waals surface area contributed by atoms with Crippen LogP contribution in [0.25, 0.3) is 0 Å². The van der Waals surface area contributed by atoms with Gasteiger partial charge in [-0.3, -0.25) is 4.79 Å². The van der Waals surface area contributed by atoms with Gasteiger partial charge in [0.2, 0.25) is 0 Å². The van der Waals surface area contributed by atoms with E-state index in [1.54, 1.807) is 11.4 Å². The summed E-state index contributed by atoms with van der Waals surface area (Å²) in [5.41, 5.74) is 0.407. The SMILES string of the molecule is O=C(CCl)c1csc(CSc2cccc(F)c2)n1. The van der Waals surface area contributed by atoms with Gasteiger partial charge in [0.05, 0.1) is 11.6 Å². The van der Waals surface area contributed by atoms with Crippen LogP contribution in [-0.4, -0.2) is 16.6 Å². The molecule has 0 amide bonds. The Morgan fingerprint density at radius 3 is 3.06 bits per heavy atom. The van der Waals surface area contributed by atoms with Crippen molar-refractivity contribution in [2.24, 2.45) is 0 Å². The summed E-state index contributed by atoms with van der Waals surface area (Å²) in [5, 5.41) is 2.53. The van der Waals surface area contributed by atoms with Gasteiger partial charge in [-0.1, -0.05) is 6.07 Å². The molecule has 6 heteroatoms. The van der Waals surface area contributed by atoms with E-state index in [0.29, 0.717) is 11.4 Å². The molecule has 1 heterocycles. The van der Waals surface area contributed by atoms with E-state index in [0.717, 1.165) is 9.90 Å². The zero-order chi connectivity index (χ0) is 13.0. The Balaban J connectivity index is 1.98. The maximum Gasteiger partial charge on any atom is 0.196 e. The molecule has 0 N–H and O–H groups in total. The Bertz CT molecular complexity index is 559. The van der Waals surface area contributed by atoms with Crippen LogP contribution in [0.15, 0.2) is 34.5 Å². The highest BCUT2D eigenvalue weighted by Gasteiger charge is 2.09. The number of hydrogen-bond donors (Lipinski definition) is 0. The minimum atomic E-state index is -0.253. The third-order valence-electron chi connectivity index (χ3n) is 2.12. The number of nitrogens with zero attached hydrogens (tertiary/aromatic N) is 1. The van der Waals surface area contributed by atoms with E-state index >= 15 is 0 Å². The number of thiazole rings is 1. The average molecular weight is 302 g/mol. The molecule has 2 aromatic rings. The van der Waals surface area contributed by atoms with Crippen molar-refractivity contribution in [1.29, 1.82) is 0 Å². The van der Waals surface area contributed by atoms with E-state index in [-0.39, 0.29) is 17.5 Å². The summed E-state index contributed by atoms with van der Waals surface area (Å²) in [4.78, 5) is 16.3. The van der Waals surface area contributed by atoms with Crippen molar-refractivity contribution in [3.63, 3.8) is 0 Å². The Hall–Kier alpha value is -0.910. The van der Waals surface area contributed by atoms with Crippen LogP contribution in [0.5, 0.6) is 0 Å². The Kier molecular flexibility index (Phi) is 4.74. The average Bonchev–Trinajstić information content (AvgIpc) is 2.84. The van der Waals surface area contributed by atoms with Crippen LogP contribution in [0, 0.1) is 5.82 Å². The normalized spacial score (nSPS) is 10.6. The Labute approximate surface area is 117 Å². The smallest absolute Gasteiger partial charge is 0.196 e. The summed E-state index contributed by atoms with van der Waals surface area (Å²) in [6.45, 7) is 0. The zero-order valence-corrected chi connectivity index (χ0v) is 11.6. The van der Waals surface area contributed by atoms with Gasteiger partial charge in [0.25, 0.3) is 0 Å². The number of thioether (sulfide) groups is 1. The predicted octanol–water partition coefficient (Wildman–Crippen LogP) is 4.00. The number of carbonyl (C=O) groups excluding carboxylic acids is 1. The number of rotatable bonds is 5. The summed E-state index contributed by atoms with van der Waals surface area (Å²) in [7, 11) is 0. The van der Waals surface area contributed by atoms with E-state index in [9.17, 15) is 9.18 Å². The highest BCUT2D eigenvalue weighted by atomic mass is 35.5. The molecule has 0 atom stereocenters. The standard InChI is InChI=1S/C12H9ClFNOS2/c13-5-11(16)10-6-18-12(15-10)7-17-9-3-1-2-8(14)4-9/h1-4,6H,5,7H2. The molecule has 0 saturated carbocycles. The van der Waals surface area contributed by atoms with Crippen molar-refractivity contribution in [3.8, 4) is 0 Å². The third kappa shape index (κ3) is 3.54. The Morgan fingerprint density at radius 1 is 1.50 bits per heavy atom. The first-order valence-electron chi connectivity index (χ1n) is 5.11. The fourth-order valence-corrected chi connectivity index (χ4v) is 3.17.